The highest BCUT2D eigenvalue weighted by molar-refractivity contribution is 5.78. The highest BCUT2D eigenvalue weighted by Crippen LogP contribution is 2.11. The van der Waals surface area contributed by atoms with Crippen LogP contribution in [0.2, 0.25) is 0 Å². The van der Waals surface area contributed by atoms with Gasteiger partial charge in [-0.25, -0.2) is 0 Å². The van der Waals surface area contributed by atoms with Crippen LogP contribution < -0.4 is 10.6 Å². The van der Waals surface area contributed by atoms with Crippen molar-refractivity contribution in [3.8, 4) is 0 Å². The predicted octanol–water partition coefficient (Wildman–Crippen LogP) is 2.25. The van der Waals surface area contributed by atoms with Gasteiger partial charge in [-0.3, -0.25) is 4.79 Å². The van der Waals surface area contributed by atoms with Gasteiger partial charge in [0.2, 0.25) is 5.91 Å². The molecular formula is C16H24N2O. The summed E-state index contributed by atoms with van der Waals surface area (Å²) >= 11 is 0. The Hall–Kier alpha value is -1.35. The maximum Gasteiger partial charge on any atom is 0.224 e. The zero-order valence-corrected chi connectivity index (χ0v) is 11.7. The highest BCUT2D eigenvalue weighted by atomic mass is 16.1. The molecule has 0 radical (unpaired) electrons. The van der Waals surface area contributed by atoms with Crippen molar-refractivity contribution in [3.63, 3.8) is 0 Å². The molecule has 1 unspecified atom stereocenters. The van der Waals surface area contributed by atoms with E-state index in [1.165, 1.54) is 17.5 Å². The molecular weight excluding hydrogens is 236 g/mol. The molecule has 1 fully saturated rings. The summed E-state index contributed by atoms with van der Waals surface area (Å²) in [5.74, 6) is 0.331. The summed E-state index contributed by atoms with van der Waals surface area (Å²) < 4.78 is 0. The fraction of sp³-hybridized carbons (Fsp3) is 0.562. The lowest BCUT2D eigenvalue weighted by atomic mass is 9.99. The number of nitrogens with one attached hydrogen (secondary N) is 2. The van der Waals surface area contributed by atoms with E-state index in [4.69, 9.17) is 0 Å². The van der Waals surface area contributed by atoms with Gasteiger partial charge in [0.05, 0.1) is 5.92 Å². The Morgan fingerprint density at radius 2 is 2.05 bits per heavy atom. The summed E-state index contributed by atoms with van der Waals surface area (Å²) in [7, 11) is 0. The third-order valence-electron chi connectivity index (χ3n) is 3.70. The van der Waals surface area contributed by atoms with Gasteiger partial charge >= 0.3 is 0 Å². The average Bonchev–Trinajstić information content (AvgIpc) is 2.47. The van der Waals surface area contributed by atoms with Gasteiger partial charge in [-0.15, -0.1) is 0 Å². The van der Waals surface area contributed by atoms with Crippen molar-refractivity contribution < 1.29 is 4.79 Å². The van der Waals surface area contributed by atoms with E-state index in [-0.39, 0.29) is 11.8 Å². The molecule has 3 heteroatoms. The van der Waals surface area contributed by atoms with E-state index in [0.29, 0.717) is 6.54 Å². The number of carbonyl (C=O) groups excluding carboxylic acids is 1. The summed E-state index contributed by atoms with van der Waals surface area (Å²) in [6.07, 6.45) is 4.41. The van der Waals surface area contributed by atoms with E-state index < -0.39 is 0 Å². The number of benzene rings is 1. The smallest absolute Gasteiger partial charge is 0.224 e. The first kappa shape index (κ1) is 14.1. The van der Waals surface area contributed by atoms with Crippen LogP contribution in [0, 0.1) is 5.92 Å². The van der Waals surface area contributed by atoms with Crippen LogP contribution >= 0.6 is 0 Å². The van der Waals surface area contributed by atoms with E-state index in [2.05, 4.69) is 41.8 Å². The Bertz CT molecular complexity index is 394. The molecule has 1 amide bonds. The molecule has 1 atom stereocenters. The second kappa shape index (κ2) is 7.29. The number of aryl methyl sites for hydroxylation is 1. The van der Waals surface area contributed by atoms with E-state index in [1.54, 1.807) is 0 Å². The standard InChI is InChI=1S/C16H24N2O/c1-2-4-13-6-8-14(9-7-13)11-18-16(19)15-5-3-10-17-12-15/h6-9,15,17H,2-5,10-12H2,1H3,(H,18,19). The van der Waals surface area contributed by atoms with Crippen LogP contribution in [-0.2, 0) is 17.8 Å². The maximum atomic E-state index is 12.0. The van der Waals surface area contributed by atoms with Gasteiger partial charge in [0, 0.05) is 13.1 Å². The molecule has 0 spiro atoms. The van der Waals surface area contributed by atoms with Crippen LogP contribution in [0.3, 0.4) is 0 Å². The van der Waals surface area contributed by atoms with E-state index in [9.17, 15) is 4.79 Å². The minimum absolute atomic E-state index is 0.146. The summed E-state index contributed by atoms with van der Waals surface area (Å²) in [5.41, 5.74) is 2.55. The van der Waals surface area contributed by atoms with Crippen molar-refractivity contribution in [1.82, 2.24) is 10.6 Å². The molecule has 104 valence electrons. The molecule has 1 heterocycles. The van der Waals surface area contributed by atoms with Crippen LogP contribution in [0.4, 0.5) is 0 Å². The lowest BCUT2D eigenvalue weighted by Crippen LogP contribution is -2.40. The normalized spacial score (nSPS) is 19.1. The first-order chi connectivity index (χ1) is 9.29. The quantitative estimate of drug-likeness (QED) is 0.852. The predicted molar refractivity (Wildman–Crippen MR) is 77.9 cm³/mol. The second-order valence-electron chi connectivity index (χ2n) is 5.33. The first-order valence-electron chi connectivity index (χ1n) is 7.36. The lowest BCUT2D eigenvalue weighted by Gasteiger charge is -2.21. The van der Waals surface area contributed by atoms with Crippen molar-refractivity contribution in [2.75, 3.05) is 13.1 Å². The van der Waals surface area contributed by atoms with Crippen molar-refractivity contribution in [2.24, 2.45) is 5.92 Å². The van der Waals surface area contributed by atoms with Gasteiger partial charge in [-0.2, -0.15) is 0 Å². The Labute approximate surface area is 115 Å². The number of rotatable bonds is 5. The molecule has 1 saturated heterocycles. The van der Waals surface area contributed by atoms with Gasteiger partial charge in [0.15, 0.2) is 0 Å². The van der Waals surface area contributed by atoms with Gasteiger partial charge < -0.3 is 10.6 Å². The third-order valence-corrected chi connectivity index (χ3v) is 3.70. The van der Waals surface area contributed by atoms with Crippen LogP contribution in [0.15, 0.2) is 24.3 Å². The van der Waals surface area contributed by atoms with Gasteiger partial charge in [-0.05, 0) is 36.9 Å². The zero-order chi connectivity index (χ0) is 13.5. The van der Waals surface area contributed by atoms with Crippen LogP contribution in [0.5, 0.6) is 0 Å². The molecule has 2 rings (SSSR count). The molecule has 1 aromatic carbocycles. The Balaban J connectivity index is 1.79. The number of piperidine rings is 1. The monoisotopic (exact) mass is 260 g/mol. The first-order valence-corrected chi connectivity index (χ1v) is 7.36. The topological polar surface area (TPSA) is 41.1 Å². The summed E-state index contributed by atoms with van der Waals surface area (Å²) in [6, 6.07) is 8.55. The molecule has 1 aliphatic heterocycles. The van der Waals surface area contributed by atoms with Crippen LogP contribution in [0.25, 0.3) is 0 Å². The van der Waals surface area contributed by atoms with Gasteiger partial charge in [0.25, 0.3) is 0 Å². The molecule has 3 nitrogen and oxygen atoms in total. The Morgan fingerprint density at radius 1 is 1.32 bits per heavy atom. The Kier molecular flexibility index (Phi) is 5.40. The van der Waals surface area contributed by atoms with Crippen LogP contribution in [-0.4, -0.2) is 19.0 Å². The molecule has 19 heavy (non-hydrogen) atoms. The van der Waals surface area contributed by atoms with Crippen molar-refractivity contribution in [3.05, 3.63) is 35.4 Å². The van der Waals surface area contributed by atoms with Crippen LogP contribution in [0.1, 0.15) is 37.3 Å². The molecule has 0 saturated carbocycles. The van der Waals surface area contributed by atoms with Crippen molar-refractivity contribution >= 4 is 5.91 Å². The third kappa shape index (κ3) is 4.35. The second-order valence-corrected chi connectivity index (χ2v) is 5.33. The zero-order valence-electron chi connectivity index (χ0n) is 11.7. The summed E-state index contributed by atoms with van der Waals surface area (Å²) in [4.78, 5) is 12.0. The number of amides is 1. The molecule has 0 bridgehead atoms. The Morgan fingerprint density at radius 3 is 2.68 bits per heavy atom. The fourth-order valence-corrected chi connectivity index (χ4v) is 2.52. The van der Waals surface area contributed by atoms with Gasteiger partial charge in [-0.1, -0.05) is 37.6 Å². The highest BCUT2D eigenvalue weighted by Gasteiger charge is 2.20. The summed E-state index contributed by atoms with van der Waals surface area (Å²) in [5, 5.41) is 6.32. The van der Waals surface area contributed by atoms with E-state index in [1.807, 2.05) is 0 Å². The maximum absolute atomic E-state index is 12.0. The average molecular weight is 260 g/mol. The van der Waals surface area contributed by atoms with Gasteiger partial charge in [0.1, 0.15) is 0 Å². The molecule has 2 N–H and O–H groups in total. The van der Waals surface area contributed by atoms with E-state index >= 15 is 0 Å². The largest absolute Gasteiger partial charge is 0.352 e. The molecule has 1 aliphatic rings. The minimum atomic E-state index is 0.146. The fourth-order valence-electron chi connectivity index (χ4n) is 2.52. The SMILES string of the molecule is CCCc1ccc(CNC(=O)C2CCCNC2)cc1. The molecule has 0 aromatic heterocycles. The number of hydrogen-bond donors (Lipinski definition) is 2. The number of carbonyl (C=O) groups is 1. The number of hydrogen-bond acceptors (Lipinski definition) is 2. The summed E-state index contributed by atoms with van der Waals surface area (Å²) in [6.45, 7) is 4.69. The molecule has 0 aliphatic carbocycles. The van der Waals surface area contributed by atoms with Crippen molar-refractivity contribution in [2.45, 2.75) is 39.2 Å². The lowest BCUT2D eigenvalue weighted by molar-refractivity contribution is -0.125. The van der Waals surface area contributed by atoms with Crippen molar-refractivity contribution in [1.29, 1.82) is 0 Å². The molecule has 1 aromatic rings. The van der Waals surface area contributed by atoms with E-state index in [0.717, 1.165) is 32.4 Å². The minimum Gasteiger partial charge on any atom is -0.352 e.